The van der Waals surface area contributed by atoms with E-state index in [0.29, 0.717) is 25.0 Å². The lowest BCUT2D eigenvalue weighted by molar-refractivity contribution is 0.0280. The highest BCUT2D eigenvalue weighted by Gasteiger charge is 2.37. The summed E-state index contributed by atoms with van der Waals surface area (Å²) in [7, 11) is -0.355. The molecule has 26 heavy (non-hydrogen) atoms. The van der Waals surface area contributed by atoms with Gasteiger partial charge in [0, 0.05) is 18.8 Å². The van der Waals surface area contributed by atoms with Crippen LogP contribution < -0.4 is 9.46 Å². The average molecular weight is 379 g/mol. The zero-order chi connectivity index (χ0) is 18.9. The number of methoxy groups -OCH3 is 1. The maximum atomic E-state index is 13.0. The summed E-state index contributed by atoms with van der Waals surface area (Å²) in [5.74, 6) is 0.727. The van der Waals surface area contributed by atoms with E-state index in [4.69, 9.17) is 4.74 Å². The van der Waals surface area contributed by atoms with Gasteiger partial charge >= 0.3 is 0 Å². The van der Waals surface area contributed by atoms with Crippen LogP contribution >= 0.6 is 0 Å². The number of benzene rings is 1. The molecule has 1 saturated carbocycles. The summed E-state index contributed by atoms with van der Waals surface area (Å²) >= 11 is 0. The predicted octanol–water partition coefficient (Wildman–Crippen LogP) is 1.78. The molecule has 1 fully saturated rings. The van der Waals surface area contributed by atoms with Crippen molar-refractivity contribution in [2.75, 3.05) is 7.11 Å². The van der Waals surface area contributed by atoms with Gasteiger partial charge in [0.25, 0.3) is 0 Å². The summed E-state index contributed by atoms with van der Waals surface area (Å²) in [6.07, 6.45) is 4.94. The van der Waals surface area contributed by atoms with E-state index in [1.165, 1.54) is 0 Å². The number of hydrogen-bond donors (Lipinski definition) is 2. The molecule has 0 saturated heterocycles. The summed E-state index contributed by atoms with van der Waals surface area (Å²) < 4.78 is 35.7. The van der Waals surface area contributed by atoms with Crippen LogP contribution in [0, 0.1) is 5.92 Å². The van der Waals surface area contributed by atoms with Crippen molar-refractivity contribution in [2.45, 2.75) is 43.2 Å². The third-order valence-corrected chi connectivity index (χ3v) is 6.37. The fraction of sp³-hybridized carbons (Fsp3) is 0.500. The van der Waals surface area contributed by atoms with Crippen molar-refractivity contribution in [1.82, 2.24) is 14.5 Å². The van der Waals surface area contributed by atoms with Gasteiger partial charge in [0.2, 0.25) is 10.0 Å². The Bertz CT molecular complexity index is 872. The molecule has 0 bridgehead atoms. The van der Waals surface area contributed by atoms with Crippen molar-refractivity contribution in [3.63, 3.8) is 0 Å². The van der Waals surface area contributed by atoms with Crippen molar-refractivity contribution in [1.29, 1.82) is 0 Å². The number of aryl methyl sites for hydroxylation is 2. The van der Waals surface area contributed by atoms with Gasteiger partial charge in [-0.2, -0.15) is 5.10 Å². The first kappa shape index (κ1) is 18.9. The molecule has 7 nitrogen and oxygen atoms in total. The predicted molar refractivity (Wildman–Crippen MR) is 97.4 cm³/mol. The first-order valence-corrected chi connectivity index (χ1v) is 10.2. The van der Waals surface area contributed by atoms with E-state index in [9.17, 15) is 13.5 Å². The first-order chi connectivity index (χ1) is 12.3. The standard InChI is InChI=1S/C18H25N3O4S/c1-4-12-9-16(5-6-17(12)25-3)26(23,24)20-18(13-7-15(22)8-13)14-10-19-21(2)11-14/h5-6,9-11,13,15,18,20,22H,4,7-8H2,1-3H3. The molecule has 1 unspecified atom stereocenters. The minimum atomic E-state index is -3.72. The molecule has 0 spiro atoms. The second-order valence-electron chi connectivity index (χ2n) is 6.76. The summed E-state index contributed by atoms with van der Waals surface area (Å²) in [4.78, 5) is 0.212. The number of hydrogen-bond acceptors (Lipinski definition) is 5. The fourth-order valence-electron chi connectivity index (χ4n) is 3.37. The maximum absolute atomic E-state index is 13.0. The molecular weight excluding hydrogens is 354 g/mol. The fourth-order valence-corrected chi connectivity index (χ4v) is 4.72. The Labute approximate surface area is 154 Å². The van der Waals surface area contributed by atoms with Crippen molar-refractivity contribution in [3.8, 4) is 5.75 Å². The highest BCUT2D eigenvalue weighted by atomic mass is 32.2. The van der Waals surface area contributed by atoms with Crippen LogP contribution in [0.25, 0.3) is 0 Å². The number of aromatic nitrogens is 2. The number of rotatable bonds is 7. The minimum absolute atomic E-state index is 0.0490. The number of aliphatic hydroxyl groups excluding tert-OH is 1. The van der Waals surface area contributed by atoms with E-state index in [2.05, 4.69) is 9.82 Å². The lowest BCUT2D eigenvalue weighted by Crippen LogP contribution is -2.41. The van der Waals surface area contributed by atoms with Gasteiger partial charge in [0.05, 0.1) is 30.3 Å². The molecule has 1 atom stereocenters. The SMILES string of the molecule is CCc1cc(S(=O)(=O)NC(c2cnn(C)c2)C2CC(O)C2)ccc1OC. The minimum Gasteiger partial charge on any atom is -0.496 e. The van der Waals surface area contributed by atoms with Gasteiger partial charge in [-0.25, -0.2) is 13.1 Å². The largest absolute Gasteiger partial charge is 0.496 e. The van der Waals surface area contributed by atoms with Crippen LogP contribution in [0.4, 0.5) is 0 Å². The van der Waals surface area contributed by atoms with Gasteiger partial charge in [-0.05, 0) is 48.9 Å². The topological polar surface area (TPSA) is 93.5 Å². The molecule has 0 aliphatic heterocycles. The lowest BCUT2D eigenvalue weighted by atomic mass is 9.76. The summed E-state index contributed by atoms with van der Waals surface area (Å²) in [6, 6.07) is 4.47. The highest BCUT2D eigenvalue weighted by Crippen LogP contribution is 2.39. The molecular formula is C18H25N3O4S. The van der Waals surface area contributed by atoms with E-state index < -0.39 is 16.1 Å². The smallest absolute Gasteiger partial charge is 0.241 e. The van der Waals surface area contributed by atoms with Gasteiger partial charge in [0.15, 0.2) is 0 Å². The van der Waals surface area contributed by atoms with Gasteiger partial charge < -0.3 is 9.84 Å². The van der Waals surface area contributed by atoms with Gasteiger partial charge in [-0.15, -0.1) is 0 Å². The van der Waals surface area contributed by atoms with Gasteiger partial charge in [0.1, 0.15) is 5.75 Å². The van der Waals surface area contributed by atoms with E-state index in [-0.39, 0.29) is 16.9 Å². The molecule has 1 heterocycles. The molecule has 142 valence electrons. The number of aliphatic hydroxyl groups is 1. The third-order valence-electron chi connectivity index (χ3n) is 4.93. The maximum Gasteiger partial charge on any atom is 0.241 e. The Morgan fingerprint density at radius 3 is 2.69 bits per heavy atom. The highest BCUT2D eigenvalue weighted by molar-refractivity contribution is 7.89. The quantitative estimate of drug-likeness (QED) is 0.765. The van der Waals surface area contributed by atoms with Crippen LogP contribution in [0.1, 0.15) is 36.9 Å². The number of sulfonamides is 1. The third kappa shape index (κ3) is 3.77. The number of nitrogens with zero attached hydrogens (tertiary/aromatic N) is 2. The molecule has 0 amide bonds. The molecule has 1 aromatic heterocycles. The van der Waals surface area contributed by atoms with Crippen LogP contribution in [0.15, 0.2) is 35.5 Å². The Balaban J connectivity index is 1.90. The molecule has 1 aliphatic carbocycles. The Morgan fingerprint density at radius 1 is 1.42 bits per heavy atom. The number of nitrogens with one attached hydrogen (secondary N) is 1. The van der Waals surface area contributed by atoms with Crippen LogP contribution in [0.3, 0.4) is 0 Å². The molecule has 1 aliphatic rings. The summed E-state index contributed by atoms with van der Waals surface area (Å²) in [5, 5.41) is 13.8. The second kappa shape index (κ2) is 7.38. The summed E-state index contributed by atoms with van der Waals surface area (Å²) in [5.41, 5.74) is 1.64. The van der Waals surface area contributed by atoms with E-state index in [0.717, 1.165) is 11.1 Å². The van der Waals surface area contributed by atoms with Crippen molar-refractivity contribution in [2.24, 2.45) is 13.0 Å². The van der Waals surface area contributed by atoms with Gasteiger partial charge in [-0.1, -0.05) is 6.92 Å². The first-order valence-electron chi connectivity index (χ1n) is 8.70. The number of ether oxygens (including phenoxy) is 1. The average Bonchev–Trinajstić information content (AvgIpc) is 3.02. The Kier molecular flexibility index (Phi) is 5.36. The Hall–Kier alpha value is -1.90. The molecule has 2 aromatic rings. The van der Waals surface area contributed by atoms with Crippen LogP contribution in [-0.4, -0.2) is 36.5 Å². The van der Waals surface area contributed by atoms with Crippen LogP contribution in [-0.2, 0) is 23.5 Å². The van der Waals surface area contributed by atoms with E-state index in [1.807, 2.05) is 13.1 Å². The van der Waals surface area contributed by atoms with Gasteiger partial charge in [-0.3, -0.25) is 4.68 Å². The van der Waals surface area contributed by atoms with Crippen LogP contribution in [0.2, 0.25) is 0 Å². The van der Waals surface area contributed by atoms with Crippen LogP contribution in [0.5, 0.6) is 5.75 Å². The zero-order valence-corrected chi connectivity index (χ0v) is 16.0. The van der Waals surface area contributed by atoms with Crippen molar-refractivity contribution < 1.29 is 18.3 Å². The van der Waals surface area contributed by atoms with Crippen molar-refractivity contribution in [3.05, 3.63) is 41.7 Å². The molecule has 8 heteroatoms. The molecule has 0 radical (unpaired) electrons. The monoisotopic (exact) mass is 379 g/mol. The molecule has 3 rings (SSSR count). The lowest BCUT2D eigenvalue weighted by Gasteiger charge is -2.37. The van der Waals surface area contributed by atoms with E-state index in [1.54, 1.807) is 43.2 Å². The second-order valence-corrected chi connectivity index (χ2v) is 8.47. The normalized spacial score (nSPS) is 21.2. The van der Waals surface area contributed by atoms with Crippen molar-refractivity contribution >= 4 is 10.0 Å². The molecule has 2 N–H and O–H groups in total. The zero-order valence-electron chi connectivity index (χ0n) is 15.2. The summed E-state index contributed by atoms with van der Waals surface area (Å²) in [6.45, 7) is 1.95. The van der Waals surface area contributed by atoms with E-state index >= 15 is 0 Å². The Morgan fingerprint density at radius 2 is 2.15 bits per heavy atom. The molecule has 1 aromatic carbocycles.